The molecule has 5 rings (SSSR count). The predicted molar refractivity (Wildman–Crippen MR) is 213 cm³/mol. The Hall–Kier alpha value is -2.31. The number of aldehydes is 1. The number of carbonyl (C=O) groups excluding carboxylic acids is 1. The Morgan fingerprint density at radius 2 is 1.90 bits per heavy atom. The van der Waals surface area contributed by atoms with Gasteiger partial charge in [0.05, 0.1) is 29.9 Å². The van der Waals surface area contributed by atoms with Gasteiger partial charge in [-0.3, -0.25) is 14.6 Å². The molecule has 0 amide bonds. The molecule has 1 saturated carbocycles. The van der Waals surface area contributed by atoms with Crippen LogP contribution in [0.2, 0.25) is 5.02 Å². The summed E-state index contributed by atoms with van der Waals surface area (Å²) >= 11 is 6.48. The molecular formula is C41H61ClN4O5S. The molecule has 0 spiro atoms. The number of ether oxygens (including phenoxy) is 2. The first-order valence-corrected chi connectivity index (χ1v) is 20.9. The van der Waals surface area contributed by atoms with E-state index in [2.05, 4.69) is 57.6 Å². The van der Waals surface area contributed by atoms with E-state index >= 15 is 0 Å². The maximum Gasteiger partial charge on any atom is 0.150 e. The average molecular weight is 757 g/mol. The monoisotopic (exact) mass is 756 g/mol. The lowest BCUT2D eigenvalue weighted by atomic mass is 9.63. The van der Waals surface area contributed by atoms with Crippen LogP contribution in [0.15, 0.2) is 48.6 Å². The lowest BCUT2D eigenvalue weighted by Gasteiger charge is -2.52. The van der Waals surface area contributed by atoms with E-state index in [1.54, 1.807) is 7.05 Å². The fourth-order valence-electron chi connectivity index (χ4n) is 8.43. The minimum absolute atomic E-state index is 0.0238. The Balaban J connectivity index is 1.43. The third-order valence-corrected chi connectivity index (χ3v) is 13.7. The zero-order valence-corrected chi connectivity index (χ0v) is 33.5. The summed E-state index contributed by atoms with van der Waals surface area (Å²) in [5.74, 6) is 1.84. The van der Waals surface area contributed by atoms with Crippen molar-refractivity contribution < 1.29 is 23.6 Å². The number of aliphatic hydroxyl groups is 1. The molecule has 1 aliphatic carbocycles. The Morgan fingerprint density at radius 3 is 2.56 bits per heavy atom. The van der Waals surface area contributed by atoms with Crippen molar-refractivity contribution in [1.82, 2.24) is 14.5 Å². The number of nitrogens with zero attached hydrogens (tertiary/aromatic N) is 3. The lowest BCUT2D eigenvalue weighted by molar-refractivity contribution is -0.0955. The highest BCUT2D eigenvalue weighted by Gasteiger charge is 2.48. The molecule has 0 bridgehead atoms. The fraction of sp³-hybridized carbons (Fsp3) is 0.634. The van der Waals surface area contributed by atoms with Crippen LogP contribution in [0.5, 0.6) is 5.75 Å². The molecule has 0 aromatic heterocycles. The molecule has 2 fully saturated rings. The number of allylic oxidation sites excluding steroid dienone is 1. The first kappa shape index (κ1) is 40.9. The van der Waals surface area contributed by atoms with Crippen molar-refractivity contribution in [3.05, 3.63) is 70.3 Å². The summed E-state index contributed by atoms with van der Waals surface area (Å²) in [7, 11) is 2.53. The molecule has 2 aromatic rings. The number of halogens is 1. The summed E-state index contributed by atoms with van der Waals surface area (Å²) in [6.45, 7) is 14.0. The first-order valence-electron chi connectivity index (χ1n) is 19.3. The van der Waals surface area contributed by atoms with Crippen molar-refractivity contribution in [1.29, 1.82) is 0 Å². The molecule has 2 heterocycles. The normalized spacial score (nSPS) is 24.3. The number of fused-ring (bicyclic) bond motifs is 1. The van der Waals surface area contributed by atoms with E-state index in [1.807, 2.05) is 38.3 Å². The second-order valence-corrected chi connectivity index (χ2v) is 17.3. The van der Waals surface area contributed by atoms with E-state index in [1.165, 1.54) is 11.1 Å². The number of nitrogens with one attached hydrogen (secondary N) is 1. The van der Waals surface area contributed by atoms with E-state index in [-0.39, 0.29) is 29.6 Å². The number of aliphatic hydroxyl groups excluding tert-OH is 1. The van der Waals surface area contributed by atoms with Gasteiger partial charge in [0.1, 0.15) is 17.6 Å². The SMILES string of the molecule is CCCc1cc(Cl)ccc1C1COc2ccc(C=O)cc2N(CC2CCC2C(/C=C/CC(C)C(C)S(=O)NC)(CN2CCN(CCO)CC2)OC)C1. The van der Waals surface area contributed by atoms with Crippen molar-refractivity contribution in [2.45, 2.75) is 69.6 Å². The Labute approximate surface area is 319 Å². The van der Waals surface area contributed by atoms with Gasteiger partial charge in [-0.1, -0.05) is 50.1 Å². The van der Waals surface area contributed by atoms with Gasteiger partial charge >= 0.3 is 0 Å². The number of anilines is 1. The minimum Gasteiger partial charge on any atom is -0.491 e. The molecular weight excluding hydrogens is 696 g/mol. The maximum absolute atomic E-state index is 12.5. The molecule has 2 N–H and O–H groups in total. The van der Waals surface area contributed by atoms with Gasteiger partial charge in [-0.15, -0.1) is 0 Å². The van der Waals surface area contributed by atoms with E-state index in [0.29, 0.717) is 24.6 Å². The summed E-state index contributed by atoms with van der Waals surface area (Å²) in [6, 6.07) is 12.1. The Bertz CT molecular complexity index is 1520. The number of rotatable bonds is 18. The summed E-state index contributed by atoms with van der Waals surface area (Å²) in [5, 5.41) is 10.3. The summed E-state index contributed by atoms with van der Waals surface area (Å²) < 4.78 is 28.6. The number of benzene rings is 2. The zero-order valence-electron chi connectivity index (χ0n) is 31.9. The summed E-state index contributed by atoms with van der Waals surface area (Å²) in [5.41, 5.74) is 3.68. The van der Waals surface area contributed by atoms with E-state index in [9.17, 15) is 14.1 Å². The average Bonchev–Trinajstić information content (AvgIpc) is 3.32. The first-order chi connectivity index (χ1) is 25.1. The highest BCUT2D eigenvalue weighted by atomic mass is 35.5. The molecule has 7 unspecified atom stereocenters. The van der Waals surface area contributed by atoms with E-state index < -0.39 is 16.6 Å². The Kier molecular flexibility index (Phi) is 15.2. The van der Waals surface area contributed by atoms with Crippen LogP contribution < -0.4 is 14.4 Å². The molecule has 288 valence electrons. The number of methoxy groups -OCH3 is 1. The molecule has 1 saturated heterocycles. The largest absolute Gasteiger partial charge is 0.491 e. The second kappa shape index (κ2) is 19.3. The van der Waals surface area contributed by atoms with Crippen molar-refractivity contribution in [2.24, 2.45) is 17.8 Å². The van der Waals surface area contributed by atoms with Crippen LogP contribution in [0.4, 0.5) is 5.69 Å². The standard InChI is InChI=1S/C41H61ClN4O5S/c1-6-8-33-24-36(42)12-13-37(33)35-26-46(39-23-32(27-48)10-15-40(39)51-28-35)25-34-11-14-38(34)41(50-5,16-7-9-30(2)31(3)52(49)43-4)29-45-19-17-44(18-20-45)21-22-47/h7,10,12-13,15-16,23-24,27,30-31,34-35,38,43,47H,6,8-9,11,14,17-22,25-26,28-29H2,1-5H3/b16-7+. The molecule has 2 aromatic carbocycles. The van der Waals surface area contributed by atoms with E-state index in [4.69, 9.17) is 21.1 Å². The number of piperazine rings is 1. The van der Waals surface area contributed by atoms with Gasteiger partial charge in [0.25, 0.3) is 0 Å². The topological polar surface area (TPSA) is 94.6 Å². The molecule has 9 nitrogen and oxygen atoms in total. The lowest BCUT2D eigenvalue weighted by Crippen LogP contribution is -2.58. The highest BCUT2D eigenvalue weighted by Crippen LogP contribution is 2.47. The van der Waals surface area contributed by atoms with Crippen LogP contribution in [0.25, 0.3) is 0 Å². The number of hydrogen-bond donors (Lipinski definition) is 2. The number of hydrogen-bond acceptors (Lipinski definition) is 8. The smallest absolute Gasteiger partial charge is 0.150 e. The van der Waals surface area contributed by atoms with Gasteiger partial charge in [-0.05, 0) is 98.9 Å². The molecule has 3 aliphatic rings. The van der Waals surface area contributed by atoms with Crippen molar-refractivity contribution >= 4 is 34.6 Å². The number of carbonyl (C=O) groups is 1. The van der Waals surface area contributed by atoms with Gasteiger partial charge in [0, 0.05) is 81.2 Å². The van der Waals surface area contributed by atoms with Crippen LogP contribution in [-0.4, -0.2) is 116 Å². The highest BCUT2D eigenvalue weighted by molar-refractivity contribution is 7.83. The van der Waals surface area contributed by atoms with Crippen molar-refractivity contribution in [3.63, 3.8) is 0 Å². The van der Waals surface area contributed by atoms with Crippen LogP contribution in [-0.2, 0) is 22.1 Å². The summed E-state index contributed by atoms with van der Waals surface area (Å²) in [4.78, 5) is 19.3. The quantitative estimate of drug-likeness (QED) is 0.142. The van der Waals surface area contributed by atoms with Crippen LogP contribution in [0.3, 0.4) is 0 Å². The molecule has 52 heavy (non-hydrogen) atoms. The minimum atomic E-state index is -1.08. The Morgan fingerprint density at radius 1 is 1.13 bits per heavy atom. The molecule has 0 radical (unpaired) electrons. The van der Waals surface area contributed by atoms with Gasteiger partial charge < -0.3 is 19.5 Å². The fourth-order valence-corrected chi connectivity index (χ4v) is 9.53. The predicted octanol–water partition coefficient (Wildman–Crippen LogP) is 5.96. The van der Waals surface area contributed by atoms with Gasteiger partial charge in [-0.25, -0.2) is 8.93 Å². The third-order valence-electron chi connectivity index (χ3n) is 11.9. The summed E-state index contributed by atoms with van der Waals surface area (Å²) in [6.07, 6.45) is 10.5. The number of β-amino-alcohol motifs (C(OH)–C–C–N with tert-alkyl or cyclic N) is 1. The third kappa shape index (κ3) is 9.86. The second-order valence-electron chi connectivity index (χ2n) is 15.1. The molecule has 11 heteroatoms. The van der Waals surface area contributed by atoms with Crippen molar-refractivity contribution in [3.8, 4) is 5.75 Å². The zero-order chi connectivity index (χ0) is 37.3. The van der Waals surface area contributed by atoms with Gasteiger partial charge in [0.15, 0.2) is 0 Å². The van der Waals surface area contributed by atoms with Crippen LogP contribution >= 0.6 is 11.6 Å². The molecule has 7 atom stereocenters. The van der Waals surface area contributed by atoms with Gasteiger partial charge in [-0.2, -0.15) is 0 Å². The molecule has 2 aliphatic heterocycles. The van der Waals surface area contributed by atoms with Crippen molar-refractivity contribution in [2.75, 3.05) is 84.6 Å². The van der Waals surface area contributed by atoms with Crippen LogP contribution in [0, 0.1) is 17.8 Å². The number of aryl methyl sites for hydroxylation is 1. The maximum atomic E-state index is 12.5. The van der Waals surface area contributed by atoms with E-state index in [0.717, 1.165) is 101 Å². The van der Waals surface area contributed by atoms with Gasteiger partial charge in [0.2, 0.25) is 0 Å². The van der Waals surface area contributed by atoms with Crippen LogP contribution in [0.1, 0.15) is 73.9 Å².